The van der Waals surface area contributed by atoms with E-state index in [4.69, 9.17) is 4.74 Å². The smallest absolute Gasteiger partial charge is 0.302 e. The Morgan fingerprint density at radius 1 is 1.06 bits per heavy atom. The van der Waals surface area contributed by atoms with Crippen LogP contribution < -0.4 is 9.64 Å². The quantitative estimate of drug-likeness (QED) is 0.272. The molecule has 5 rings (SSSR count). The van der Waals surface area contributed by atoms with Gasteiger partial charge in [-0.25, -0.2) is 4.98 Å². The van der Waals surface area contributed by atoms with Crippen LogP contribution in [-0.4, -0.2) is 38.9 Å². The number of ketones is 1. The Morgan fingerprint density at radius 3 is 2.53 bits per heavy atom. The van der Waals surface area contributed by atoms with Gasteiger partial charge < -0.3 is 14.8 Å². The van der Waals surface area contributed by atoms with Crippen LogP contribution in [0.4, 0.5) is 5.95 Å². The monoisotopic (exact) mass is 454 g/mol. The third kappa shape index (κ3) is 3.40. The fourth-order valence-electron chi connectivity index (χ4n) is 4.21. The van der Waals surface area contributed by atoms with E-state index in [1.165, 1.54) is 24.4 Å². The number of hydrogen-bond donors (Lipinski definition) is 2. The van der Waals surface area contributed by atoms with Crippen molar-refractivity contribution in [3.63, 3.8) is 0 Å². The van der Waals surface area contributed by atoms with Gasteiger partial charge in [-0.2, -0.15) is 0 Å². The number of nitrogens with one attached hydrogen (secondary N) is 1. The molecule has 0 saturated carbocycles. The molecule has 0 spiro atoms. The van der Waals surface area contributed by atoms with Gasteiger partial charge in [0.15, 0.2) is 0 Å². The van der Waals surface area contributed by atoms with E-state index in [-0.39, 0.29) is 17.3 Å². The number of rotatable bonds is 4. The van der Waals surface area contributed by atoms with E-state index >= 15 is 0 Å². The maximum absolute atomic E-state index is 13.3. The Kier molecular flexibility index (Phi) is 5.13. The van der Waals surface area contributed by atoms with Gasteiger partial charge in [-0.1, -0.05) is 12.1 Å². The third-order valence-corrected chi connectivity index (χ3v) is 6.12. The predicted molar refractivity (Wildman–Crippen MR) is 128 cm³/mol. The summed E-state index contributed by atoms with van der Waals surface area (Å²) in [5, 5.41) is 11.1. The fourth-order valence-corrected chi connectivity index (χ4v) is 4.21. The zero-order valence-electron chi connectivity index (χ0n) is 18.9. The highest BCUT2D eigenvalue weighted by Gasteiger charge is 2.48. The number of methoxy groups -OCH3 is 1. The molecule has 1 atom stereocenters. The van der Waals surface area contributed by atoms with Crippen molar-refractivity contribution in [3.8, 4) is 5.75 Å². The summed E-state index contributed by atoms with van der Waals surface area (Å²) in [6.07, 6.45) is 3.02. The molecular weight excluding hydrogens is 432 g/mol. The summed E-state index contributed by atoms with van der Waals surface area (Å²) in [5.74, 6) is -1.07. The number of fused-ring (bicyclic) bond motifs is 1. The first kappa shape index (κ1) is 21.4. The Hall–Kier alpha value is -4.46. The van der Waals surface area contributed by atoms with E-state index in [1.807, 2.05) is 26.0 Å². The van der Waals surface area contributed by atoms with E-state index in [0.29, 0.717) is 22.4 Å². The van der Waals surface area contributed by atoms with Crippen molar-refractivity contribution in [1.82, 2.24) is 15.0 Å². The van der Waals surface area contributed by atoms with Crippen molar-refractivity contribution in [1.29, 1.82) is 0 Å². The number of carbonyl (C=O) groups excluding carboxylic acids is 2. The number of hydrogen-bond acceptors (Lipinski definition) is 6. The molecule has 3 heterocycles. The minimum Gasteiger partial charge on any atom is -0.507 e. The van der Waals surface area contributed by atoms with Crippen LogP contribution in [0.1, 0.15) is 28.3 Å². The Balaban J connectivity index is 1.75. The van der Waals surface area contributed by atoms with Crippen molar-refractivity contribution in [3.05, 3.63) is 88.8 Å². The number of Topliss-reactive ketones (excluding diaryl/α,β-unsaturated/α-hetero) is 1. The number of aromatic amines is 1. The molecule has 1 aliphatic heterocycles. The summed E-state index contributed by atoms with van der Waals surface area (Å²) in [7, 11) is 1.54. The van der Waals surface area contributed by atoms with Gasteiger partial charge in [0.2, 0.25) is 5.95 Å². The van der Waals surface area contributed by atoms with Crippen molar-refractivity contribution >= 4 is 34.4 Å². The lowest BCUT2D eigenvalue weighted by Gasteiger charge is -2.23. The molecule has 4 aromatic rings. The van der Waals surface area contributed by atoms with Crippen LogP contribution in [0.2, 0.25) is 0 Å². The minimum absolute atomic E-state index is 0.0303. The first-order chi connectivity index (χ1) is 16.4. The molecule has 8 heteroatoms. The van der Waals surface area contributed by atoms with Crippen molar-refractivity contribution in [2.45, 2.75) is 19.9 Å². The number of aliphatic hydroxyl groups excluding tert-OH is 1. The Bertz CT molecular complexity index is 1430. The van der Waals surface area contributed by atoms with Crippen LogP contribution in [0, 0.1) is 13.8 Å². The van der Waals surface area contributed by atoms with E-state index in [0.717, 1.165) is 16.6 Å². The molecule has 0 bridgehead atoms. The average Bonchev–Trinajstić information content (AvgIpc) is 3.37. The zero-order chi connectivity index (χ0) is 24.0. The van der Waals surface area contributed by atoms with Crippen LogP contribution >= 0.6 is 0 Å². The van der Waals surface area contributed by atoms with E-state index in [2.05, 4.69) is 15.0 Å². The number of aromatic nitrogens is 3. The van der Waals surface area contributed by atoms with Crippen molar-refractivity contribution in [2.24, 2.45) is 0 Å². The lowest BCUT2D eigenvalue weighted by Crippen LogP contribution is -2.30. The van der Waals surface area contributed by atoms with Crippen molar-refractivity contribution < 1.29 is 19.4 Å². The third-order valence-electron chi connectivity index (χ3n) is 6.12. The molecule has 2 aromatic carbocycles. The number of H-pyrrole nitrogens is 1. The second kappa shape index (κ2) is 8.15. The average molecular weight is 454 g/mol. The molecule has 1 unspecified atom stereocenters. The summed E-state index contributed by atoms with van der Waals surface area (Å²) >= 11 is 0. The van der Waals surface area contributed by atoms with Gasteiger partial charge in [0.25, 0.3) is 5.78 Å². The predicted octanol–water partition coefficient (Wildman–Crippen LogP) is 4.21. The molecule has 34 heavy (non-hydrogen) atoms. The molecular formula is C26H22N4O4. The molecule has 8 nitrogen and oxygen atoms in total. The summed E-state index contributed by atoms with van der Waals surface area (Å²) < 4.78 is 5.37. The van der Waals surface area contributed by atoms with Crippen LogP contribution in [0.5, 0.6) is 5.75 Å². The van der Waals surface area contributed by atoms with Gasteiger partial charge in [-0.05, 0) is 66.9 Å². The summed E-state index contributed by atoms with van der Waals surface area (Å²) in [6, 6.07) is 13.2. The summed E-state index contributed by atoms with van der Waals surface area (Å²) in [6.45, 7) is 3.98. The Labute approximate surface area is 195 Å². The van der Waals surface area contributed by atoms with Gasteiger partial charge in [-0.3, -0.25) is 19.5 Å². The van der Waals surface area contributed by atoms with Crippen LogP contribution in [0.15, 0.2) is 66.5 Å². The number of amides is 1. The highest BCUT2D eigenvalue weighted by atomic mass is 16.5. The van der Waals surface area contributed by atoms with Crippen LogP contribution in [0.25, 0.3) is 16.8 Å². The zero-order valence-corrected chi connectivity index (χ0v) is 18.9. The largest absolute Gasteiger partial charge is 0.507 e. The molecule has 1 amide bonds. The molecule has 0 radical (unpaired) electrons. The van der Waals surface area contributed by atoms with E-state index in [9.17, 15) is 14.7 Å². The summed E-state index contributed by atoms with van der Waals surface area (Å²) in [5.41, 5.74) is 4.52. The molecule has 0 aliphatic carbocycles. The van der Waals surface area contributed by atoms with Gasteiger partial charge in [0.1, 0.15) is 11.5 Å². The molecule has 1 saturated heterocycles. The maximum Gasteiger partial charge on any atom is 0.302 e. The van der Waals surface area contributed by atoms with Crippen LogP contribution in [-0.2, 0) is 9.59 Å². The van der Waals surface area contributed by atoms with Gasteiger partial charge in [-0.15, -0.1) is 0 Å². The molecule has 2 aromatic heterocycles. The van der Waals surface area contributed by atoms with Gasteiger partial charge in [0, 0.05) is 18.0 Å². The molecule has 2 N–H and O–H groups in total. The minimum atomic E-state index is -0.911. The SMILES string of the molecule is COc1cccc(C2/C(=C(\O)c3ccncc3)C(=O)C(=O)N2c2nc3cc(C)c(C)cc3[nH]2)c1. The topological polar surface area (TPSA) is 108 Å². The number of carbonyl (C=O) groups is 2. The first-order valence-electron chi connectivity index (χ1n) is 10.7. The summed E-state index contributed by atoms with van der Waals surface area (Å²) in [4.78, 5) is 39.7. The fraction of sp³-hybridized carbons (Fsp3) is 0.154. The van der Waals surface area contributed by atoms with Crippen LogP contribution in [0.3, 0.4) is 0 Å². The van der Waals surface area contributed by atoms with E-state index < -0.39 is 17.7 Å². The normalized spacial score (nSPS) is 17.5. The second-order valence-corrected chi connectivity index (χ2v) is 8.20. The maximum atomic E-state index is 13.3. The number of nitrogens with zero attached hydrogens (tertiary/aromatic N) is 3. The lowest BCUT2D eigenvalue weighted by molar-refractivity contribution is -0.132. The molecule has 1 fully saturated rings. The number of ether oxygens (including phenoxy) is 1. The lowest BCUT2D eigenvalue weighted by atomic mass is 9.95. The van der Waals surface area contributed by atoms with Gasteiger partial charge in [0.05, 0.1) is 29.8 Å². The number of imidazole rings is 1. The standard InChI is InChI=1S/C26H22N4O4/c1-14-11-19-20(12-15(14)2)29-26(28-19)30-22(17-5-4-6-18(13-17)34-3)21(24(32)25(30)33)23(31)16-7-9-27-10-8-16/h4-13,22,31H,1-3H3,(H,28,29)/b23-21+. The number of aryl methyl sites for hydroxylation is 2. The second-order valence-electron chi connectivity index (χ2n) is 8.20. The number of anilines is 1. The Morgan fingerprint density at radius 2 is 1.79 bits per heavy atom. The van der Waals surface area contributed by atoms with E-state index in [1.54, 1.807) is 36.4 Å². The molecule has 170 valence electrons. The number of benzene rings is 2. The highest BCUT2D eigenvalue weighted by molar-refractivity contribution is 6.51. The van der Waals surface area contributed by atoms with Gasteiger partial charge >= 0.3 is 5.91 Å². The first-order valence-corrected chi connectivity index (χ1v) is 10.7. The van der Waals surface area contributed by atoms with Crippen molar-refractivity contribution in [2.75, 3.05) is 12.0 Å². The number of aliphatic hydroxyl groups is 1. The molecule has 1 aliphatic rings. The number of pyridine rings is 1. The highest BCUT2D eigenvalue weighted by Crippen LogP contribution is 2.42.